The summed E-state index contributed by atoms with van der Waals surface area (Å²) < 4.78 is 5.00. The zero-order valence-corrected chi connectivity index (χ0v) is 20.9. The molecule has 1 aromatic rings. The van der Waals surface area contributed by atoms with Crippen LogP contribution in [0.15, 0.2) is 84.0 Å². The molecule has 0 aliphatic heterocycles. The van der Waals surface area contributed by atoms with Crippen molar-refractivity contribution in [2.45, 2.75) is 80.6 Å². The SMILES string of the molecule is C1=CCCC=C1.C=C(C)/C(=C\C=C(C)C)CCCC.CC.COc1cccc(C)c1. The number of rotatable bonds is 6. The van der Waals surface area contributed by atoms with Crippen molar-refractivity contribution in [1.29, 1.82) is 0 Å². The molecule has 0 saturated heterocycles. The van der Waals surface area contributed by atoms with Crippen LogP contribution in [0.1, 0.15) is 79.2 Å². The molecule has 0 radical (unpaired) electrons. The molecule has 0 fully saturated rings. The van der Waals surface area contributed by atoms with Gasteiger partial charge in [0.05, 0.1) is 7.11 Å². The van der Waals surface area contributed by atoms with E-state index in [2.05, 4.69) is 70.7 Å². The van der Waals surface area contributed by atoms with Crippen molar-refractivity contribution in [3.63, 3.8) is 0 Å². The topological polar surface area (TPSA) is 9.23 Å². The van der Waals surface area contributed by atoms with Crippen molar-refractivity contribution in [1.82, 2.24) is 0 Å². The molecule has 0 saturated carbocycles. The van der Waals surface area contributed by atoms with Crippen LogP contribution >= 0.6 is 0 Å². The Morgan fingerprint density at radius 2 is 1.63 bits per heavy atom. The first-order chi connectivity index (χ1) is 14.4. The molecule has 0 amide bonds. The molecule has 0 unspecified atom stereocenters. The summed E-state index contributed by atoms with van der Waals surface area (Å²) in [7, 11) is 1.68. The van der Waals surface area contributed by atoms with Crippen LogP contribution in [0, 0.1) is 6.92 Å². The van der Waals surface area contributed by atoms with Crippen LogP contribution in [-0.4, -0.2) is 7.11 Å². The molecule has 0 aromatic heterocycles. The summed E-state index contributed by atoms with van der Waals surface area (Å²) in [6, 6.07) is 7.96. The normalized spacial score (nSPS) is 11.5. The largest absolute Gasteiger partial charge is 0.497 e. The molecule has 30 heavy (non-hydrogen) atoms. The first-order valence-corrected chi connectivity index (χ1v) is 11.3. The van der Waals surface area contributed by atoms with Crippen molar-refractivity contribution >= 4 is 0 Å². The summed E-state index contributed by atoms with van der Waals surface area (Å²) in [5, 5.41) is 0. The van der Waals surface area contributed by atoms with E-state index in [4.69, 9.17) is 4.74 Å². The Bertz CT molecular complexity index is 655. The summed E-state index contributed by atoms with van der Waals surface area (Å²) >= 11 is 0. The van der Waals surface area contributed by atoms with Gasteiger partial charge in [0.25, 0.3) is 0 Å². The lowest BCUT2D eigenvalue weighted by Crippen LogP contribution is -1.84. The van der Waals surface area contributed by atoms with Gasteiger partial charge < -0.3 is 4.74 Å². The number of benzene rings is 1. The smallest absolute Gasteiger partial charge is 0.119 e. The molecule has 1 aliphatic rings. The van der Waals surface area contributed by atoms with Crippen molar-refractivity contribution in [2.75, 3.05) is 7.11 Å². The molecule has 0 bridgehead atoms. The van der Waals surface area contributed by atoms with Crippen LogP contribution in [-0.2, 0) is 0 Å². The minimum absolute atomic E-state index is 0.926. The molecule has 168 valence electrons. The lowest BCUT2D eigenvalue weighted by Gasteiger charge is -2.04. The van der Waals surface area contributed by atoms with E-state index in [0.717, 1.165) is 12.2 Å². The molecule has 1 nitrogen and oxygen atoms in total. The highest BCUT2D eigenvalue weighted by atomic mass is 16.5. The summed E-state index contributed by atoms with van der Waals surface area (Å²) in [5.74, 6) is 0.926. The number of methoxy groups -OCH3 is 1. The van der Waals surface area contributed by atoms with E-state index >= 15 is 0 Å². The van der Waals surface area contributed by atoms with Gasteiger partial charge in [0.1, 0.15) is 5.75 Å². The Morgan fingerprint density at radius 1 is 1.03 bits per heavy atom. The van der Waals surface area contributed by atoms with Gasteiger partial charge in [-0.3, -0.25) is 0 Å². The Morgan fingerprint density at radius 3 is 1.97 bits per heavy atom. The summed E-state index contributed by atoms with van der Waals surface area (Å²) in [6.45, 7) is 18.6. The van der Waals surface area contributed by atoms with Crippen molar-refractivity contribution in [3.8, 4) is 5.75 Å². The molecule has 1 heteroatoms. The average molecular weight is 411 g/mol. The minimum atomic E-state index is 0.926. The molecular weight excluding hydrogens is 364 g/mol. The summed E-state index contributed by atoms with van der Waals surface area (Å²) in [6.07, 6.45) is 19.0. The van der Waals surface area contributed by atoms with Crippen LogP contribution in [0.25, 0.3) is 0 Å². The van der Waals surface area contributed by atoms with E-state index < -0.39 is 0 Å². The zero-order chi connectivity index (χ0) is 23.2. The zero-order valence-electron chi connectivity index (χ0n) is 20.9. The van der Waals surface area contributed by atoms with Crippen LogP contribution in [0.4, 0.5) is 0 Å². The second-order valence-electron chi connectivity index (χ2n) is 7.27. The number of allylic oxidation sites excluding steroid dienone is 9. The molecule has 0 atom stereocenters. The fourth-order valence-electron chi connectivity index (χ4n) is 2.36. The maximum Gasteiger partial charge on any atom is 0.119 e. The minimum Gasteiger partial charge on any atom is -0.497 e. The van der Waals surface area contributed by atoms with E-state index in [1.165, 1.54) is 48.0 Å². The standard InChI is InChI=1S/C13H22.C8H10O.C6H8.C2H6/c1-6-7-8-13(12(4)5)10-9-11(2)3;1-7-4-3-5-8(6-7)9-2;1-2-4-6-5-3-1;1-2/h9-10H,4,6-8H2,1-3,5H3;3-6H,1-2H3;1-4H,5-6H2;1-2H3/b13-10-;;;. The number of ether oxygens (including phenoxy) is 1. The molecular formula is C29H46O. The lowest BCUT2D eigenvalue weighted by atomic mass is 10.0. The number of unbranched alkanes of at least 4 members (excludes halogenated alkanes) is 1. The number of hydrogen-bond donors (Lipinski definition) is 0. The monoisotopic (exact) mass is 410 g/mol. The second kappa shape index (κ2) is 21.4. The number of aryl methyl sites for hydroxylation is 1. The molecule has 1 aromatic carbocycles. The van der Waals surface area contributed by atoms with Gasteiger partial charge in [-0.1, -0.05) is 93.5 Å². The Balaban J connectivity index is 0. The first kappa shape index (κ1) is 29.9. The number of hydrogen-bond acceptors (Lipinski definition) is 1. The van der Waals surface area contributed by atoms with Crippen molar-refractivity contribution in [3.05, 3.63) is 89.6 Å². The predicted molar refractivity (Wildman–Crippen MR) is 138 cm³/mol. The van der Waals surface area contributed by atoms with E-state index in [1.807, 2.05) is 45.0 Å². The van der Waals surface area contributed by atoms with Gasteiger partial charge in [0.2, 0.25) is 0 Å². The van der Waals surface area contributed by atoms with Gasteiger partial charge >= 0.3 is 0 Å². The van der Waals surface area contributed by atoms with Gasteiger partial charge in [0, 0.05) is 0 Å². The average Bonchev–Trinajstić information content (AvgIpc) is 2.77. The fraction of sp³-hybridized carbons (Fsp3) is 0.448. The molecule has 2 rings (SSSR count). The molecule has 0 spiro atoms. The van der Waals surface area contributed by atoms with Crippen LogP contribution in [0.2, 0.25) is 0 Å². The van der Waals surface area contributed by atoms with Gasteiger partial charge in [0.15, 0.2) is 0 Å². The third-order valence-electron chi connectivity index (χ3n) is 4.07. The van der Waals surface area contributed by atoms with Gasteiger partial charge in [-0.2, -0.15) is 0 Å². The third kappa shape index (κ3) is 19.1. The van der Waals surface area contributed by atoms with Gasteiger partial charge in [-0.15, -0.1) is 0 Å². The Hall–Kier alpha value is -2.28. The van der Waals surface area contributed by atoms with Crippen molar-refractivity contribution in [2.24, 2.45) is 0 Å². The maximum absolute atomic E-state index is 5.00. The van der Waals surface area contributed by atoms with E-state index in [9.17, 15) is 0 Å². The quantitative estimate of drug-likeness (QED) is 0.424. The highest BCUT2D eigenvalue weighted by Gasteiger charge is 1.95. The predicted octanol–water partition coefficient (Wildman–Crippen LogP) is 9.57. The highest BCUT2D eigenvalue weighted by Crippen LogP contribution is 2.15. The lowest BCUT2D eigenvalue weighted by molar-refractivity contribution is 0.414. The highest BCUT2D eigenvalue weighted by molar-refractivity contribution is 5.30. The van der Waals surface area contributed by atoms with Crippen LogP contribution in [0.5, 0.6) is 5.75 Å². The molecule has 0 heterocycles. The first-order valence-electron chi connectivity index (χ1n) is 11.3. The summed E-state index contributed by atoms with van der Waals surface area (Å²) in [5.41, 5.74) is 5.17. The van der Waals surface area contributed by atoms with Crippen LogP contribution in [0.3, 0.4) is 0 Å². The molecule has 1 aliphatic carbocycles. The molecule has 0 N–H and O–H groups in total. The van der Waals surface area contributed by atoms with Gasteiger partial charge in [-0.25, -0.2) is 0 Å². The second-order valence-corrected chi connectivity index (χ2v) is 7.27. The van der Waals surface area contributed by atoms with E-state index in [1.54, 1.807) is 7.11 Å². The summed E-state index contributed by atoms with van der Waals surface area (Å²) in [4.78, 5) is 0. The van der Waals surface area contributed by atoms with Gasteiger partial charge in [-0.05, 0) is 76.6 Å². The Kier molecular flexibility index (Phi) is 21.4. The van der Waals surface area contributed by atoms with E-state index in [0.29, 0.717) is 0 Å². The van der Waals surface area contributed by atoms with Crippen molar-refractivity contribution < 1.29 is 4.74 Å². The third-order valence-corrected chi connectivity index (χ3v) is 4.07. The Labute approximate surface area is 188 Å². The maximum atomic E-state index is 5.00. The van der Waals surface area contributed by atoms with E-state index in [-0.39, 0.29) is 0 Å². The fourth-order valence-corrected chi connectivity index (χ4v) is 2.36. The van der Waals surface area contributed by atoms with Crippen LogP contribution < -0.4 is 4.74 Å².